The minimum absolute atomic E-state index is 0.00615. The van der Waals surface area contributed by atoms with Crippen molar-refractivity contribution in [1.29, 1.82) is 0 Å². The molecule has 1 aromatic heterocycles. The maximum absolute atomic E-state index is 2.49. The van der Waals surface area contributed by atoms with Crippen LogP contribution >= 0.6 is 0 Å². The summed E-state index contributed by atoms with van der Waals surface area (Å²) >= 11 is 0. The molecule has 26 heavy (non-hydrogen) atoms. The maximum atomic E-state index is 2.49. The molecule has 1 aliphatic carbocycles. The summed E-state index contributed by atoms with van der Waals surface area (Å²) in [6.45, 7) is 21.4. The molecule has 0 fully saturated rings. The van der Waals surface area contributed by atoms with Crippen LogP contribution < -0.4 is 10.6 Å². The summed E-state index contributed by atoms with van der Waals surface area (Å²) in [5.41, 5.74) is 2.96. The summed E-state index contributed by atoms with van der Waals surface area (Å²) in [5, 5.41) is 2.68. The van der Waals surface area contributed by atoms with E-state index in [1.54, 1.807) is 0 Å². The second-order valence-corrected chi connectivity index (χ2v) is 9.74. The Labute approximate surface area is 160 Å². The molecule has 2 rings (SSSR count). The molecule has 0 bridgehead atoms. The molecule has 1 unspecified atom stereocenters. The molecule has 1 aromatic rings. The number of fused-ring (bicyclic) bond motifs is 1. The van der Waals surface area contributed by atoms with E-state index in [0.29, 0.717) is 0 Å². The number of hydrogen-bond donors (Lipinski definition) is 0. The average Bonchev–Trinajstić information content (AvgIpc) is 2.63. The molecule has 0 saturated heterocycles. The van der Waals surface area contributed by atoms with Gasteiger partial charge in [0.2, 0.25) is 0 Å². The Morgan fingerprint density at radius 2 is 1.73 bits per heavy atom. The molecule has 0 spiro atoms. The van der Waals surface area contributed by atoms with Crippen LogP contribution in [0.5, 0.6) is 0 Å². The van der Waals surface area contributed by atoms with Crippen molar-refractivity contribution in [2.45, 2.75) is 68.9 Å². The summed E-state index contributed by atoms with van der Waals surface area (Å²) < 4.78 is 2.44. The predicted molar refractivity (Wildman–Crippen MR) is 118 cm³/mol. The normalized spacial score (nSPS) is 21.0. The van der Waals surface area contributed by atoms with Crippen LogP contribution in [0.2, 0.25) is 0 Å². The van der Waals surface area contributed by atoms with E-state index in [0.717, 1.165) is 6.54 Å². The number of nitrogens with zero attached hydrogens (tertiary/aromatic N) is 1. The first-order valence-electron chi connectivity index (χ1n) is 9.90. The standard InChI is InChI=1S/C25H37N/c1-10-13-21-19(15-17-23(3,4)5)20-18-25(9,24(6,7)8)16-12-14-22(20)26(21)11-2/h10,12-18H,11H2,1-9H3/b13-10-,17-15+. The summed E-state index contributed by atoms with van der Waals surface area (Å²) in [6, 6.07) is 0. The van der Waals surface area contributed by atoms with E-state index >= 15 is 0 Å². The highest BCUT2D eigenvalue weighted by atomic mass is 15.0. The molecule has 0 N–H and O–H groups in total. The van der Waals surface area contributed by atoms with Crippen molar-refractivity contribution < 1.29 is 0 Å². The Bertz CT molecular complexity index is 857. The zero-order valence-corrected chi connectivity index (χ0v) is 18.3. The minimum Gasteiger partial charge on any atom is -0.341 e. The van der Waals surface area contributed by atoms with Gasteiger partial charge in [-0.3, -0.25) is 0 Å². The van der Waals surface area contributed by atoms with Gasteiger partial charge in [0.25, 0.3) is 0 Å². The molecule has 142 valence electrons. The van der Waals surface area contributed by atoms with Crippen LogP contribution in [0.4, 0.5) is 0 Å². The molecule has 0 radical (unpaired) electrons. The van der Waals surface area contributed by atoms with Crippen molar-refractivity contribution in [2.75, 3.05) is 0 Å². The summed E-state index contributed by atoms with van der Waals surface area (Å²) in [4.78, 5) is 0. The Morgan fingerprint density at radius 1 is 1.08 bits per heavy atom. The van der Waals surface area contributed by atoms with Crippen molar-refractivity contribution in [1.82, 2.24) is 4.57 Å². The van der Waals surface area contributed by atoms with Gasteiger partial charge in [-0.15, -0.1) is 0 Å². The smallest absolute Gasteiger partial charge is 0.0488 e. The van der Waals surface area contributed by atoms with Crippen molar-refractivity contribution in [3.8, 4) is 0 Å². The first kappa shape index (κ1) is 20.6. The number of allylic oxidation sites excluding steroid dienone is 4. The molecule has 1 heterocycles. The third kappa shape index (κ3) is 3.98. The molecule has 0 aromatic carbocycles. The van der Waals surface area contributed by atoms with Crippen LogP contribution in [0.25, 0.3) is 24.3 Å². The van der Waals surface area contributed by atoms with Crippen molar-refractivity contribution in [2.24, 2.45) is 16.2 Å². The van der Waals surface area contributed by atoms with Gasteiger partial charge >= 0.3 is 0 Å². The van der Waals surface area contributed by atoms with Gasteiger partial charge in [-0.05, 0) is 36.8 Å². The Hall–Kier alpha value is -1.76. The van der Waals surface area contributed by atoms with Crippen LogP contribution in [0.15, 0.2) is 24.3 Å². The van der Waals surface area contributed by atoms with E-state index in [2.05, 4.69) is 115 Å². The summed E-state index contributed by atoms with van der Waals surface area (Å²) in [5.74, 6) is 0. The fourth-order valence-electron chi connectivity index (χ4n) is 3.37. The minimum atomic E-state index is 0.00615. The molecular weight excluding hydrogens is 314 g/mol. The van der Waals surface area contributed by atoms with Gasteiger partial charge in [0, 0.05) is 33.8 Å². The van der Waals surface area contributed by atoms with Gasteiger partial charge in [0.05, 0.1) is 0 Å². The third-order valence-electron chi connectivity index (χ3n) is 5.57. The lowest BCUT2D eigenvalue weighted by Crippen LogP contribution is -2.35. The topological polar surface area (TPSA) is 4.93 Å². The van der Waals surface area contributed by atoms with Crippen LogP contribution in [0.3, 0.4) is 0 Å². The average molecular weight is 352 g/mol. The molecule has 0 amide bonds. The molecule has 1 heteroatoms. The van der Waals surface area contributed by atoms with E-state index in [4.69, 9.17) is 0 Å². The highest BCUT2D eigenvalue weighted by molar-refractivity contribution is 5.68. The second kappa shape index (κ2) is 7.10. The zero-order valence-electron chi connectivity index (χ0n) is 18.3. The van der Waals surface area contributed by atoms with Gasteiger partial charge in [0.1, 0.15) is 0 Å². The molecule has 1 aliphatic rings. The Kier molecular flexibility index (Phi) is 5.61. The highest BCUT2D eigenvalue weighted by Crippen LogP contribution is 2.41. The number of hydrogen-bond acceptors (Lipinski definition) is 0. The van der Waals surface area contributed by atoms with E-state index < -0.39 is 0 Å². The Balaban J connectivity index is 2.94. The first-order chi connectivity index (χ1) is 11.9. The van der Waals surface area contributed by atoms with E-state index in [9.17, 15) is 0 Å². The third-order valence-corrected chi connectivity index (χ3v) is 5.57. The fourth-order valence-corrected chi connectivity index (χ4v) is 3.37. The number of rotatable bonds is 3. The molecular formula is C25H37N. The van der Waals surface area contributed by atoms with E-state index in [-0.39, 0.29) is 16.2 Å². The Morgan fingerprint density at radius 3 is 2.23 bits per heavy atom. The van der Waals surface area contributed by atoms with Crippen molar-refractivity contribution >= 4 is 24.3 Å². The van der Waals surface area contributed by atoms with Crippen molar-refractivity contribution in [3.63, 3.8) is 0 Å². The van der Waals surface area contributed by atoms with Crippen LogP contribution in [-0.2, 0) is 6.54 Å². The second-order valence-electron chi connectivity index (χ2n) is 9.74. The highest BCUT2D eigenvalue weighted by Gasteiger charge is 2.33. The quantitative estimate of drug-likeness (QED) is 0.650. The van der Waals surface area contributed by atoms with Crippen LogP contribution in [0, 0.1) is 16.2 Å². The summed E-state index contributed by atoms with van der Waals surface area (Å²) in [7, 11) is 0. The largest absolute Gasteiger partial charge is 0.341 e. The van der Waals surface area contributed by atoms with Crippen LogP contribution in [0.1, 0.15) is 73.6 Å². The monoisotopic (exact) mass is 351 g/mol. The van der Waals surface area contributed by atoms with Crippen LogP contribution in [-0.4, -0.2) is 4.57 Å². The number of aromatic nitrogens is 1. The fraction of sp³-hybridized carbons (Fsp3) is 0.520. The zero-order chi connectivity index (χ0) is 19.8. The van der Waals surface area contributed by atoms with Gasteiger partial charge in [-0.25, -0.2) is 0 Å². The van der Waals surface area contributed by atoms with Gasteiger partial charge < -0.3 is 4.57 Å². The molecule has 0 aliphatic heterocycles. The summed E-state index contributed by atoms with van der Waals surface area (Å²) in [6.07, 6.45) is 18.4. The van der Waals surface area contributed by atoms with Gasteiger partial charge in [-0.2, -0.15) is 0 Å². The lowest BCUT2D eigenvalue weighted by atomic mass is 9.67. The van der Waals surface area contributed by atoms with E-state index in [1.165, 1.54) is 21.8 Å². The molecule has 0 saturated carbocycles. The SMILES string of the molecule is C/C=C\c1c(/C=C/C(C)(C)C)c2c(n1CC)=CC=CC(C)(C(C)(C)C)C=2. The first-order valence-corrected chi connectivity index (χ1v) is 9.90. The van der Waals surface area contributed by atoms with Crippen molar-refractivity contribution in [3.05, 3.63) is 46.1 Å². The lowest BCUT2D eigenvalue weighted by Gasteiger charge is -2.37. The maximum Gasteiger partial charge on any atom is 0.0488 e. The molecule has 1 atom stereocenters. The lowest BCUT2D eigenvalue weighted by molar-refractivity contribution is 0.246. The van der Waals surface area contributed by atoms with E-state index in [1.807, 2.05) is 0 Å². The van der Waals surface area contributed by atoms with Gasteiger partial charge in [0.15, 0.2) is 0 Å². The predicted octanol–water partition coefficient (Wildman–Crippen LogP) is 5.78. The van der Waals surface area contributed by atoms with Gasteiger partial charge in [-0.1, -0.05) is 84.9 Å². The molecule has 1 nitrogen and oxygen atoms in total.